The fourth-order valence-corrected chi connectivity index (χ4v) is 4.33. The first-order valence-corrected chi connectivity index (χ1v) is 10.8. The van der Waals surface area contributed by atoms with Crippen molar-refractivity contribution >= 4 is 28.4 Å². The van der Waals surface area contributed by atoms with Crippen LogP contribution in [0.15, 0.2) is 41.2 Å². The molecule has 0 bridgehead atoms. The largest absolute Gasteiger partial charge is 0.454 e. The van der Waals surface area contributed by atoms with Crippen molar-refractivity contribution in [1.82, 2.24) is 15.2 Å². The number of benzene rings is 2. The summed E-state index contributed by atoms with van der Waals surface area (Å²) in [4.78, 5) is 30.2. The number of rotatable bonds is 4. The second-order valence-electron chi connectivity index (χ2n) is 8.07. The highest BCUT2D eigenvalue weighted by molar-refractivity contribution is 6.31. The summed E-state index contributed by atoms with van der Waals surface area (Å²) in [5, 5.41) is 3.03. The number of fused-ring (bicyclic) bond motifs is 2. The van der Waals surface area contributed by atoms with E-state index >= 15 is 0 Å². The second kappa shape index (κ2) is 8.44. The van der Waals surface area contributed by atoms with Crippen molar-refractivity contribution in [3.8, 4) is 11.5 Å². The molecule has 166 valence electrons. The number of pyridine rings is 1. The molecule has 0 spiro atoms. The normalized spacial score (nSPS) is 16.4. The molecular weight excluding hydrogens is 437 g/mol. The average molecular weight is 458 g/mol. The number of hydrogen-bond acceptors (Lipinski definition) is 5. The Balaban J connectivity index is 1.20. The van der Waals surface area contributed by atoms with Crippen molar-refractivity contribution < 1.29 is 18.7 Å². The van der Waals surface area contributed by atoms with Crippen LogP contribution in [0.3, 0.4) is 0 Å². The van der Waals surface area contributed by atoms with Gasteiger partial charge in [-0.05, 0) is 42.7 Å². The van der Waals surface area contributed by atoms with Gasteiger partial charge in [0.25, 0.3) is 5.91 Å². The predicted octanol–water partition coefficient (Wildman–Crippen LogP) is 3.44. The molecule has 32 heavy (non-hydrogen) atoms. The number of likely N-dealkylation sites (tertiary alicyclic amines) is 1. The second-order valence-corrected chi connectivity index (χ2v) is 8.48. The highest BCUT2D eigenvalue weighted by Crippen LogP contribution is 2.33. The van der Waals surface area contributed by atoms with Crippen molar-refractivity contribution in [3.63, 3.8) is 0 Å². The SMILES string of the molecule is O=C(NC1CCN(Cc2ccc3c(c2)OCO3)CC1)c1cc(=O)c2cc(F)c(Cl)cc2[nH]1. The average Bonchev–Trinajstić information content (AvgIpc) is 3.24. The molecule has 7 nitrogen and oxygen atoms in total. The van der Waals surface area contributed by atoms with Crippen molar-refractivity contribution in [2.45, 2.75) is 25.4 Å². The number of H-pyrrole nitrogens is 1. The lowest BCUT2D eigenvalue weighted by Crippen LogP contribution is -2.44. The number of ether oxygens (including phenoxy) is 2. The van der Waals surface area contributed by atoms with Crippen LogP contribution in [0.2, 0.25) is 5.02 Å². The monoisotopic (exact) mass is 457 g/mol. The minimum Gasteiger partial charge on any atom is -0.454 e. The van der Waals surface area contributed by atoms with Gasteiger partial charge < -0.3 is 19.8 Å². The van der Waals surface area contributed by atoms with Crippen molar-refractivity contribution in [3.05, 3.63) is 68.7 Å². The number of halogens is 2. The third-order valence-corrected chi connectivity index (χ3v) is 6.17. The number of piperidine rings is 1. The Hall–Kier alpha value is -3.10. The highest BCUT2D eigenvalue weighted by Gasteiger charge is 2.23. The topological polar surface area (TPSA) is 83.7 Å². The van der Waals surface area contributed by atoms with Gasteiger partial charge >= 0.3 is 0 Å². The first-order valence-electron chi connectivity index (χ1n) is 10.4. The Kier molecular flexibility index (Phi) is 5.48. The number of amides is 1. The molecular formula is C23H21ClFN3O4. The van der Waals surface area contributed by atoms with Gasteiger partial charge in [0.1, 0.15) is 11.5 Å². The fraction of sp³-hybridized carbons (Fsp3) is 0.304. The first-order chi connectivity index (χ1) is 15.5. The summed E-state index contributed by atoms with van der Waals surface area (Å²) in [7, 11) is 0. The van der Waals surface area contributed by atoms with Gasteiger partial charge in [0.15, 0.2) is 16.9 Å². The summed E-state index contributed by atoms with van der Waals surface area (Å²) in [6, 6.07) is 9.56. The Labute approximate surface area is 188 Å². The minimum atomic E-state index is -0.672. The molecule has 2 N–H and O–H groups in total. The lowest BCUT2D eigenvalue weighted by atomic mass is 10.0. The van der Waals surface area contributed by atoms with Gasteiger partial charge in [-0.25, -0.2) is 4.39 Å². The van der Waals surface area contributed by atoms with Gasteiger partial charge in [0.2, 0.25) is 6.79 Å². The summed E-state index contributed by atoms with van der Waals surface area (Å²) >= 11 is 5.81. The third-order valence-electron chi connectivity index (χ3n) is 5.88. The molecule has 2 aliphatic heterocycles. The summed E-state index contributed by atoms with van der Waals surface area (Å²) in [5.74, 6) is 0.514. The molecule has 3 aromatic rings. The molecule has 0 radical (unpaired) electrons. The Bertz CT molecular complexity index is 1250. The molecule has 0 aliphatic carbocycles. The number of aromatic nitrogens is 1. The Morgan fingerprint density at radius 3 is 2.75 bits per heavy atom. The molecule has 2 aliphatic rings. The van der Waals surface area contributed by atoms with Crippen LogP contribution < -0.4 is 20.2 Å². The van der Waals surface area contributed by atoms with E-state index in [-0.39, 0.29) is 34.8 Å². The van der Waals surface area contributed by atoms with E-state index in [4.69, 9.17) is 21.1 Å². The van der Waals surface area contributed by atoms with E-state index in [1.807, 2.05) is 18.2 Å². The van der Waals surface area contributed by atoms with Crippen molar-refractivity contribution in [1.29, 1.82) is 0 Å². The highest BCUT2D eigenvalue weighted by atomic mass is 35.5. The molecule has 5 rings (SSSR count). The molecule has 1 fully saturated rings. The lowest BCUT2D eigenvalue weighted by Gasteiger charge is -2.32. The zero-order valence-corrected chi connectivity index (χ0v) is 17.9. The molecule has 3 heterocycles. The van der Waals surface area contributed by atoms with E-state index in [9.17, 15) is 14.0 Å². The molecule has 1 aromatic heterocycles. The van der Waals surface area contributed by atoms with Gasteiger partial charge in [0, 0.05) is 37.1 Å². The van der Waals surface area contributed by atoms with Crippen LogP contribution in [-0.4, -0.2) is 41.7 Å². The standard InChI is InChI=1S/C23H21ClFN3O4/c24-16-9-18-15(8-17(16)25)20(29)10-19(27-18)23(30)26-14-3-5-28(6-4-14)11-13-1-2-21-22(7-13)32-12-31-21/h1-2,7-10,14H,3-6,11-12H2,(H,26,30)(H,27,29). The molecule has 1 saturated heterocycles. The quantitative estimate of drug-likeness (QED) is 0.627. The van der Waals surface area contributed by atoms with E-state index in [0.29, 0.717) is 5.52 Å². The zero-order valence-electron chi connectivity index (χ0n) is 17.1. The number of aromatic amines is 1. The number of nitrogens with one attached hydrogen (secondary N) is 2. The van der Waals surface area contributed by atoms with Gasteiger partial charge in [0.05, 0.1) is 10.5 Å². The van der Waals surface area contributed by atoms with Crippen LogP contribution in [0.5, 0.6) is 11.5 Å². The summed E-state index contributed by atoms with van der Waals surface area (Å²) in [6.45, 7) is 2.73. The number of carbonyl (C=O) groups is 1. The minimum absolute atomic E-state index is 0.00603. The summed E-state index contributed by atoms with van der Waals surface area (Å²) in [5.41, 5.74) is 1.18. The smallest absolute Gasteiger partial charge is 0.268 e. The Morgan fingerprint density at radius 1 is 1.16 bits per heavy atom. The molecule has 0 saturated carbocycles. The van der Waals surface area contributed by atoms with Gasteiger partial charge in [-0.1, -0.05) is 17.7 Å². The maximum absolute atomic E-state index is 13.6. The third kappa shape index (κ3) is 4.16. The maximum atomic E-state index is 13.6. The van der Waals surface area contributed by atoms with Crippen LogP contribution in [0.1, 0.15) is 28.9 Å². The molecule has 2 aromatic carbocycles. The van der Waals surface area contributed by atoms with E-state index in [1.165, 1.54) is 12.1 Å². The van der Waals surface area contributed by atoms with Crippen molar-refractivity contribution in [2.24, 2.45) is 0 Å². The van der Waals surface area contributed by atoms with Crippen LogP contribution >= 0.6 is 11.6 Å². The molecule has 0 unspecified atom stereocenters. The number of hydrogen-bond donors (Lipinski definition) is 2. The Morgan fingerprint density at radius 2 is 1.94 bits per heavy atom. The molecule has 1 amide bonds. The summed E-state index contributed by atoms with van der Waals surface area (Å²) < 4.78 is 24.4. The van der Waals surface area contributed by atoms with E-state index in [0.717, 1.165) is 55.6 Å². The van der Waals surface area contributed by atoms with Crippen molar-refractivity contribution in [2.75, 3.05) is 19.9 Å². The first kappa shape index (κ1) is 20.8. The molecule has 0 atom stereocenters. The molecule has 9 heteroatoms. The van der Waals surface area contributed by atoms with Gasteiger partial charge in [-0.2, -0.15) is 0 Å². The van der Waals surface area contributed by atoms with Gasteiger partial charge in [-0.15, -0.1) is 0 Å². The van der Waals surface area contributed by atoms with E-state index < -0.39 is 11.2 Å². The fourth-order valence-electron chi connectivity index (χ4n) is 4.16. The predicted molar refractivity (Wildman–Crippen MR) is 118 cm³/mol. The van der Waals surface area contributed by atoms with Crippen LogP contribution in [0, 0.1) is 5.82 Å². The van der Waals surface area contributed by atoms with Crippen LogP contribution in [0.4, 0.5) is 4.39 Å². The van der Waals surface area contributed by atoms with Gasteiger partial charge in [-0.3, -0.25) is 14.5 Å². The zero-order chi connectivity index (χ0) is 22.2. The number of carbonyl (C=O) groups excluding carboxylic acids is 1. The van der Waals surface area contributed by atoms with E-state index in [1.54, 1.807) is 0 Å². The summed E-state index contributed by atoms with van der Waals surface area (Å²) in [6.07, 6.45) is 1.59. The van der Waals surface area contributed by atoms with Crippen LogP contribution in [-0.2, 0) is 6.54 Å². The van der Waals surface area contributed by atoms with Crippen LogP contribution in [0.25, 0.3) is 10.9 Å². The maximum Gasteiger partial charge on any atom is 0.268 e. The number of nitrogens with zero attached hydrogens (tertiary/aromatic N) is 1. The lowest BCUT2D eigenvalue weighted by molar-refractivity contribution is 0.0904. The van der Waals surface area contributed by atoms with E-state index in [2.05, 4.69) is 15.2 Å².